The summed E-state index contributed by atoms with van der Waals surface area (Å²) in [6.45, 7) is 4.74. The minimum absolute atomic E-state index is 0.0102. The highest BCUT2D eigenvalue weighted by Gasteiger charge is 2.81. The lowest BCUT2D eigenvalue weighted by Gasteiger charge is -2.56. The average Bonchev–Trinajstić information content (AvgIpc) is 3.08. The summed E-state index contributed by atoms with van der Waals surface area (Å²) in [5.41, 5.74) is 1.10. The zero-order valence-electron chi connectivity index (χ0n) is 15.8. The van der Waals surface area contributed by atoms with Crippen molar-refractivity contribution in [1.82, 2.24) is 0 Å². The minimum Gasteiger partial charge on any atom is -0.458 e. The number of epoxide rings is 1. The first-order valence-electron chi connectivity index (χ1n) is 10.5. The lowest BCUT2D eigenvalue weighted by Crippen LogP contribution is -2.59. The van der Waals surface area contributed by atoms with Crippen LogP contribution in [0.1, 0.15) is 71.6 Å². The lowest BCUT2D eigenvalue weighted by atomic mass is 9.46. The van der Waals surface area contributed by atoms with Gasteiger partial charge in [0, 0.05) is 30.1 Å². The van der Waals surface area contributed by atoms with E-state index in [0.717, 1.165) is 38.5 Å². The maximum atomic E-state index is 12.0. The molecule has 0 bridgehead atoms. The first-order chi connectivity index (χ1) is 12.3. The Morgan fingerprint density at radius 3 is 2.69 bits per heavy atom. The molecule has 7 atom stereocenters. The molecule has 6 aliphatic rings. The molecule has 0 aromatic rings. The van der Waals surface area contributed by atoms with Crippen molar-refractivity contribution in [1.29, 1.82) is 0 Å². The Balaban J connectivity index is 1.43. The molecule has 5 fully saturated rings. The second kappa shape index (κ2) is 4.45. The van der Waals surface area contributed by atoms with Crippen LogP contribution < -0.4 is 0 Å². The third-order valence-corrected chi connectivity index (χ3v) is 9.65. The van der Waals surface area contributed by atoms with Crippen molar-refractivity contribution in [3.8, 4) is 0 Å². The summed E-state index contributed by atoms with van der Waals surface area (Å²) < 4.78 is 12.6. The number of carbonyl (C=O) groups is 2. The molecule has 0 radical (unpaired) electrons. The van der Waals surface area contributed by atoms with Crippen LogP contribution in [0.3, 0.4) is 0 Å². The Bertz CT molecular complexity index is 770. The number of Topliss-reactive ketones (excluding diaryl/α,β-unsaturated/α-hetero) is 1. The van der Waals surface area contributed by atoms with Crippen LogP contribution in [0.4, 0.5) is 0 Å². The van der Waals surface area contributed by atoms with Crippen molar-refractivity contribution in [2.24, 2.45) is 22.7 Å². The largest absolute Gasteiger partial charge is 0.458 e. The summed E-state index contributed by atoms with van der Waals surface area (Å²) >= 11 is 0. The van der Waals surface area contributed by atoms with Crippen molar-refractivity contribution in [3.63, 3.8) is 0 Å². The molecule has 0 amide bonds. The van der Waals surface area contributed by atoms with E-state index in [-0.39, 0.29) is 34.1 Å². The zero-order chi connectivity index (χ0) is 17.9. The molecular formula is C22H28O4. The third kappa shape index (κ3) is 1.51. The second-order valence-corrected chi connectivity index (χ2v) is 10.3. The van der Waals surface area contributed by atoms with Gasteiger partial charge in [-0.3, -0.25) is 9.59 Å². The predicted molar refractivity (Wildman–Crippen MR) is 94.3 cm³/mol. The van der Waals surface area contributed by atoms with Crippen LogP contribution in [0.5, 0.6) is 0 Å². The monoisotopic (exact) mass is 356 g/mol. The molecule has 2 spiro atoms. The fourth-order valence-electron chi connectivity index (χ4n) is 8.21. The van der Waals surface area contributed by atoms with Gasteiger partial charge in [-0.1, -0.05) is 25.5 Å². The van der Waals surface area contributed by atoms with Gasteiger partial charge in [0.2, 0.25) is 0 Å². The molecule has 0 N–H and O–H groups in total. The lowest BCUT2D eigenvalue weighted by molar-refractivity contribution is -0.163. The molecular weight excluding hydrogens is 328 g/mol. The number of rotatable bonds is 0. The summed E-state index contributed by atoms with van der Waals surface area (Å²) in [5, 5.41) is 0. The first kappa shape index (κ1) is 15.9. The van der Waals surface area contributed by atoms with E-state index >= 15 is 0 Å². The molecule has 4 heteroatoms. The van der Waals surface area contributed by atoms with E-state index in [1.165, 1.54) is 5.57 Å². The summed E-state index contributed by atoms with van der Waals surface area (Å²) in [7, 11) is 0. The Morgan fingerprint density at radius 1 is 1.08 bits per heavy atom. The van der Waals surface area contributed by atoms with Gasteiger partial charge in [-0.05, 0) is 50.4 Å². The summed E-state index contributed by atoms with van der Waals surface area (Å²) in [6.07, 6.45) is 10.6. The van der Waals surface area contributed by atoms with E-state index in [0.29, 0.717) is 36.9 Å². The highest BCUT2D eigenvalue weighted by atomic mass is 16.6. The van der Waals surface area contributed by atoms with Crippen LogP contribution in [-0.4, -0.2) is 29.1 Å². The van der Waals surface area contributed by atoms with Crippen molar-refractivity contribution in [2.75, 3.05) is 0 Å². The van der Waals surface area contributed by atoms with Crippen LogP contribution in [0, 0.1) is 22.7 Å². The molecule has 3 saturated carbocycles. The van der Waals surface area contributed by atoms with Crippen molar-refractivity contribution in [2.45, 2.75) is 88.9 Å². The summed E-state index contributed by atoms with van der Waals surface area (Å²) in [4.78, 5) is 24.0. The van der Waals surface area contributed by atoms with Crippen LogP contribution in [0.15, 0.2) is 11.6 Å². The summed E-state index contributed by atoms with van der Waals surface area (Å²) in [6, 6.07) is 0. The van der Waals surface area contributed by atoms with Gasteiger partial charge >= 0.3 is 5.97 Å². The molecule has 2 aliphatic heterocycles. The zero-order valence-corrected chi connectivity index (χ0v) is 15.8. The van der Waals surface area contributed by atoms with E-state index in [9.17, 15) is 9.59 Å². The number of ether oxygens (including phenoxy) is 2. The number of carbonyl (C=O) groups excluding carboxylic acids is 2. The maximum absolute atomic E-state index is 12.0. The minimum atomic E-state index is -0.250. The van der Waals surface area contributed by atoms with Gasteiger partial charge in [0.1, 0.15) is 17.0 Å². The fraction of sp³-hybridized carbons (Fsp3) is 0.818. The molecule has 2 saturated heterocycles. The van der Waals surface area contributed by atoms with E-state index in [1.807, 2.05) is 0 Å². The number of ketones is 1. The highest BCUT2D eigenvalue weighted by Crippen LogP contribution is 2.76. The van der Waals surface area contributed by atoms with Gasteiger partial charge < -0.3 is 9.47 Å². The molecule has 5 unspecified atom stereocenters. The molecule has 0 aromatic heterocycles. The number of hydrogen-bond acceptors (Lipinski definition) is 4. The van der Waals surface area contributed by atoms with Crippen LogP contribution in [0.25, 0.3) is 0 Å². The number of esters is 1. The van der Waals surface area contributed by atoms with E-state index in [4.69, 9.17) is 9.47 Å². The molecule has 4 aliphatic carbocycles. The molecule has 2 heterocycles. The molecule has 26 heavy (non-hydrogen) atoms. The van der Waals surface area contributed by atoms with Gasteiger partial charge in [-0.2, -0.15) is 0 Å². The Hall–Kier alpha value is -1.16. The smallest absolute Gasteiger partial charge is 0.306 e. The normalized spacial score (nSPS) is 57.0. The predicted octanol–water partition coefficient (Wildman–Crippen LogP) is 3.73. The molecule has 4 nitrogen and oxygen atoms in total. The molecule has 6 rings (SSSR count). The van der Waals surface area contributed by atoms with E-state index < -0.39 is 0 Å². The van der Waals surface area contributed by atoms with Gasteiger partial charge in [-0.25, -0.2) is 0 Å². The van der Waals surface area contributed by atoms with E-state index in [2.05, 4.69) is 19.9 Å². The second-order valence-electron chi connectivity index (χ2n) is 10.3. The summed E-state index contributed by atoms with van der Waals surface area (Å²) in [5.74, 6) is 1.44. The average molecular weight is 356 g/mol. The topological polar surface area (TPSA) is 55.9 Å². The molecule has 0 aromatic carbocycles. The maximum Gasteiger partial charge on any atom is 0.306 e. The Kier molecular flexibility index (Phi) is 2.72. The Labute approximate surface area is 154 Å². The van der Waals surface area contributed by atoms with Crippen molar-refractivity contribution in [3.05, 3.63) is 11.6 Å². The van der Waals surface area contributed by atoms with Crippen molar-refractivity contribution < 1.29 is 19.1 Å². The van der Waals surface area contributed by atoms with E-state index in [1.54, 1.807) is 0 Å². The van der Waals surface area contributed by atoms with Crippen LogP contribution >= 0.6 is 0 Å². The SMILES string of the molecule is CC12CCC(=O)CC1=CCC1C3CC[C@@]4(CCC(=O)O4)C3(C)C[C@H]3OC132. The fourth-order valence-corrected chi connectivity index (χ4v) is 8.21. The first-order valence-corrected chi connectivity index (χ1v) is 10.5. The Morgan fingerprint density at radius 2 is 1.92 bits per heavy atom. The van der Waals surface area contributed by atoms with Crippen molar-refractivity contribution >= 4 is 11.8 Å². The number of hydrogen-bond donors (Lipinski definition) is 0. The van der Waals surface area contributed by atoms with Gasteiger partial charge in [0.05, 0.1) is 6.10 Å². The quantitative estimate of drug-likeness (QED) is 0.377. The number of allylic oxidation sites excluding steroid dienone is 1. The van der Waals surface area contributed by atoms with Crippen LogP contribution in [0.2, 0.25) is 0 Å². The van der Waals surface area contributed by atoms with Gasteiger partial charge in [-0.15, -0.1) is 0 Å². The third-order valence-electron chi connectivity index (χ3n) is 9.65. The standard InChI is InChI=1S/C22H28O4/c1-19-8-5-14(23)11-13(19)3-4-16-15-6-9-21(10-7-18(24)26-21)20(15,2)12-17-22(16,19)25-17/h3,15-17H,4-12H2,1-2H3/t15?,16?,17-,19?,20?,21-,22?/m1/s1. The van der Waals surface area contributed by atoms with Crippen LogP contribution in [-0.2, 0) is 19.1 Å². The van der Waals surface area contributed by atoms with Gasteiger partial charge in [0.15, 0.2) is 0 Å². The van der Waals surface area contributed by atoms with Gasteiger partial charge in [0.25, 0.3) is 0 Å². The number of fused-ring (bicyclic) bond motifs is 4. The highest BCUT2D eigenvalue weighted by molar-refractivity contribution is 5.83. The molecule has 140 valence electrons.